The molecule has 0 aromatic carbocycles. The molecule has 1 amide bonds. The minimum atomic E-state index is 0.215. The first-order valence-corrected chi connectivity index (χ1v) is 5.29. The molecule has 1 heterocycles. The van der Waals surface area contributed by atoms with Crippen LogP contribution in [0, 0.1) is 5.92 Å². The van der Waals surface area contributed by atoms with Gasteiger partial charge in [-0.15, -0.1) is 0 Å². The molecule has 1 fully saturated rings. The minimum Gasteiger partial charge on any atom is -0.351 e. The fourth-order valence-corrected chi connectivity index (χ4v) is 2.15. The van der Waals surface area contributed by atoms with Gasteiger partial charge in [0, 0.05) is 11.8 Å². The standard InChI is InChI=1S/C8H15NOS/c1-3-4-11-5-7-6(2)8(10)9-7/h6-7H,3-5H2,1-2H3,(H,9,10)/t6-,7-/m0/s1. The zero-order valence-corrected chi connectivity index (χ0v) is 7.91. The fourth-order valence-electron chi connectivity index (χ4n) is 1.07. The fraction of sp³-hybridized carbons (Fsp3) is 0.875. The number of hydrogen-bond donors (Lipinski definition) is 1. The van der Waals surface area contributed by atoms with E-state index >= 15 is 0 Å². The summed E-state index contributed by atoms with van der Waals surface area (Å²) in [6.07, 6.45) is 1.22. The van der Waals surface area contributed by atoms with Crippen molar-refractivity contribution in [1.29, 1.82) is 0 Å². The number of rotatable bonds is 4. The van der Waals surface area contributed by atoms with Crippen LogP contribution in [-0.4, -0.2) is 23.5 Å². The topological polar surface area (TPSA) is 29.1 Å². The van der Waals surface area contributed by atoms with E-state index in [4.69, 9.17) is 0 Å². The first kappa shape index (κ1) is 8.91. The molecule has 0 saturated carbocycles. The average Bonchev–Trinajstić information content (AvgIpc) is 2.03. The molecule has 2 nitrogen and oxygen atoms in total. The van der Waals surface area contributed by atoms with Crippen LogP contribution < -0.4 is 5.32 Å². The van der Waals surface area contributed by atoms with Crippen molar-refractivity contribution in [2.24, 2.45) is 5.92 Å². The molecule has 3 heteroatoms. The predicted molar refractivity (Wildman–Crippen MR) is 48.7 cm³/mol. The van der Waals surface area contributed by atoms with Gasteiger partial charge in [0.25, 0.3) is 0 Å². The maximum Gasteiger partial charge on any atom is 0.225 e. The molecular formula is C8H15NOS. The van der Waals surface area contributed by atoms with E-state index < -0.39 is 0 Å². The third-order valence-electron chi connectivity index (χ3n) is 1.99. The van der Waals surface area contributed by atoms with Gasteiger partial charge in [0.15, 0.2) is 0 Å². The summed E-state index contributed by atoms with van der Waals surface area (Å²) in [6, 6.07) is 0.444. The molecule has 0 aromatic rings. The number of nitrogens with one attached hydrogen (secondary N) is 1. The van der Waals surface area contributed by atoms with Gasteiger partial charge >= 0.3 is 0 Å². The van der Waals surface area contributed by atoms with Crippen LogP contribution in [0.1, 0.15) is 20.3 Å². The summed E-state index contributed by atoms with van der Waals surface area (Å²) in [7, 11) is 0. The lowest BCUT2D eigenvalue weighted by Gasteiger charge is -2.33. The van der Waals surface area contributed by atoms with Gasteiger partial charge in [-0.05, 0) is 12.2 Å². The second-order valence-corrected chi connectivity index (χ2v) is 4.13. The van der Waals surface area contributed by atoms with Crippen molar-refractivity contribution in [3.63, 3.8) is 0 Å². The average molecular weight is 173 g/mol. The molecule has 0 spiro atoms. The lowest BCUT2D eigenvalue weighted by molar-refractivity contribution is -0.133. The van der Waals surface area contributed by atoms with Crippen molar-refractivity contribution < 1.29 is 4.79 Å². The van der Waals surface area contributed by atoms with Crippen LogP contribution in [0.15, 0.2) is 0 Å². The molecule has 0 aliphatic carbocycles. The number of β-lactam (4-membered cyclic amide) rings is 1. The highest BCUT2D eigenvalue weighted by Gasteiger charge is 2.34. The summed E-state index contributed by atoms with van der Waals surface area (Å²) in [5.74, 6) is 2.76. The maximum atomic E-state index is 10.8. The van der Waals surface area contributed by atoms with Crippen LogP contribution in [0.25, 0.3) is 0 Å². The second-order valence-electron chi connectivity index (χ2n) is 2.98. The third-order valence-corrected chi connectivity index (χ3v) is 3.28. The number of hydrogen-bond acceptors (Lipinski definition) is 2. The second kappa shape index (κ2) is 4.00. The molecule has 2 atom stereocenters. The monoisotopic (exact) mass is 173 g/mol. The Bertz CT molecular complexity index is 149. The SMILES string of the molecule is CCCSC[C@@H]1NC(=O)[C@H]1C. The van der Waals surface area contributed by atoms with E-state index in [1.54, 1.807) is 0 Å². The van der Waals surface area contributed by atoms with Crippen molar-refractivity contribution in [3.05, 3.63) is 0 Å². The summed E-state index contributed by atoms with van der Waals surface area (Å²) >= 11 is 1.93. The molecule has 64 valence electrons. The minimum absolute atomic E-state index is 0.215. The Morgan fingerprint density at radius 1 is 1.64 bits per heavy atom. The molecule has 1 aliphatic rings. The predicted octanol–water partition coefficient (Wildman–Crippen LogP) is 1.26. The molecule has 11 heavy (non-hydrogen) atoms. The lowest BCUT2D eigenvalue weighted by atomic mass is 9.94. The maximum absolute atomic E-state index is 10.8. The van der Waals surface area contributed by atoms with E-state index in [9.17, 15) is 4.79 Å². The largest absolute Gasteiger partial charge is 0.351 e. The zero-order valence-electron chi connectivity index (χ0n) is 7.09. The Hall–Kier alpha value is -0.180. The van der Waals surface area contributed by atoms with Gasteiger partial charge in [-0.1, -0.05) is 13.8 Å². The Morgan fingerprint density at radius 3 is 2.82 bits per heavy atom. The molecule has 1 rings (SSSR count). The Balaban J connectivity index is 2.05. The van der Waals surface area contributed by atoms with Crippen molar-refractivity contribution in [1.82, 2.24) is 5.32 Å². The van der Waals surface area contributed by atoms with Gasteiger partial charge in [-0.2, -0.15) is 11.8 Å². The van der Waals surface area contributed by atoms with Gasteiger partial charge in [0.1, 0.15) is 0 Å². The van der Waals surface area contributed by atoms with E-state index in [2.05, 4.69) is 12.2 Å². The van der Waals surface area contributed by atoms with Crippen molar-refractivity contribution in [2.75, 3.05) is 11.5 Å². The zero-order chi connectivity index (χ0) is 8.27. The van der Waals surface area contributed by atoms with Crippen molar-refractivity contribution >= 4 is 17.7 Å². The Labute approximate surface area is 72.1 Å². The molecule has 0 aromatic heterocycles. The summed E-state index contributed by atoms with van der Waals surface area (Å²) in [5.41, 5.74) is 0. The van der Waals surface area contributed by atoms with Crippen LogP contribution >= 0.6 is 11.8 Å². The van der Waals surface area contributed by atoms with E-state index in [0.717, 1.165) is 5.75 Å². The Morgan fingerprint density at radius 2 is 2.36 bits per heavy atom. The van der Waals surface area contributed by atoms with Crippen molar-refractivity contribution in [3.8, 4) is 0 Å². The highest BCUT2D eigenvalue weighted by atomic mass is 32.2. The first-order chi connectivity index (χ1) is 5.25. The van der Waals surface area contributed by atoms with Gasteiger partial charge < -0.3 is 5.32 Å². The lowest BCUT2D eigenvalue weighted by Crippen LogP contribution is -2.58. The van der Waals surface area contributed by atoms with Crippen LogP contribution in [0.5, 0.6) is 0 Å². The van der Waals surface area contributed by atoms with Gasteiger partial charge in [-0.25, -0.2) is 0 Å². The van der Waals surface area contributed by atoms with Crippen LogP contribution in [0.4, 0.5) is 0 Å². The van der Waals surface area contributed by atoms with E-state index in [-0.39, 0.29) is 11.8 Å². The molecule has 0 unspecified atom stereocenters. The Kier molecular flexibility index (Phi) is 3.24. The first-order valence-electron chi connectivity index (χ1n) is 4.13. The number of carbonyl (C=O) groups is 1. The molecule has 1 N–H and O–H groups in total. The molecular weight excluding hydrogens is 158 g/mol. The smallest absolute Gasteiger partial charge is 0.225 e. The normalized spacial score (nSPS) is 29.5. The van der Waals surface area contributed by atoms with Gasteiger partial charge in [0.05, 0.1) is 5.92 Å². The number of amides is 1. The summed E-state index contributed by atoms with van der Waals surface area (Å²) in [6.45, 7) is 4.17. The van der Waals surface area contributed by atoms with E-state index in [0.29, 0.717) is 6.04 Å². The van der Waals surface area contributed by atoms with Crippen LogP contribution in [0.3, 0.4) is 0 Å². The molecule has 0 radical (unpaired) electrons. The van der Waals surface area contributed by atoms with E-state index in [1.165, 1.54) is 12.2 Å². The van der Waals surface area contributed by atoms with Crippen LogP contribution in [0.2, 0.25) is 0 Å². The molecule has 0 bridgehead atoms. The highest BCUT2D eigenvalue weighted by Crippen LogP contribution is 2.18. The molecule has 1 saturated heterocycles. The number of thioether (sulfide) groups is 1. The van der Waals surface area contributed by atoms with Crippen molar-refractivity contribution in [2.45, 2.75) is 26.3 Å². The quantitative estimate of drug-likeness (QED) is 0.512. The van der Waals surface area contributed by atoms with Gasteiger partial charge in [0.2, 0.25) is 5.91 Å². The van der Waals surface area contributed by atoms with Crippen LogP contribution in [-0.2, 0) is 4.79 Å². The summed E-state index contributed by atoms with van der Waals surface area (Å²) in [4.78, 5) is 10.8. The van der Waals surface area contributed by atoms with E-state index in [1.807, 2.05) is 18.7 Å². The number of carbonyl (C=O) groups excluding carboxylic acids is 1. The molecule has 1 aliphatic heterocycles. The highest BCUT2D eigenvalue weighted by molar-refractivity contribution is 7.99. The van der Waals surface area contributed by atoms with Gasteiger partial charge in [-0.3, -0.25) is 4.79 Å². The summed E-state index contributed by atoms with van der Waals surface area (Å²) in [5, 5.41) is 2.89. The summed E-state index contributed by atoms with van der Waals surface area (Å²) < 4.78 is 0. The third kappa shape index (κ3) is 2.12.